The molecule has 0 aliphatic carbocycles. The second-order valence-electron chi connectivity index (χ2n) is 7.78. The van der Waals surface area contributed by atoms with Gasteiger partial charge in [0.15, 0.2) is 0 Å². The van der Waals surface area contributed by atoms with Crippen molar-refractivity contribution in [2.75, 3.05) is 13.1 Å². The number of hydrogen-bond acceptors (Lipinski definition) is 1. The Morgan fingerprint density at radius 1 is 0.862 bits per heavy atom. The summed E-state index contributed by atoms with van der Waals surface area (Å²) in [5, 5.41) is 1.17. The Labute approximate surface area is 171 Å². The predicted octanol–water partition coefficient (Wildman–Crippen LogP) is 4.97. The summed E-state index contributed by atoms with van der Waals surface area (Å²) in [5.74, 6) is 0.203. The van der Waals surface area contributed by atoms with E-state index in [1.165, 1.54) is 5.39 Å². The number of carbonyl (C=O) groups is 1. The van der Waals surface area contributed by atoms with Gasteiger partial charge in [0.2, 0.25) is 5.91 Å². The Balaban J connectivity index is 1.38. The summed E-state index contributed by atoms with van der Waals surface area (Å²) in [5.41, 5.74) is 3.35. The van der Waals surface area contributed by atoms with Crippen molar-refractivity contribution in [2.45, 2.75) is 25.4 Å². The Morgan fingerprint density at radius 3 is 2.31 bits per heavy atom. The summed E-state index contributed by atoms with van der Waals surface area (Å²) in [6.45, 7) is 2.02. The molecule has 2 aromatic heterocycles. The van der Waals surface area contributed by atoms with Crippen molar-refractivity contribution in [3.05, 3.63) is 85.2 Å². The lowest BCUT2D eigenvalue weighted by Gasteiger charge is -2.33. The van der Waals surface area contributed by atoms with Crippen LogP contribution in [0.25, 0.3) is 22.2 Å². The molecule has 0 N–H and O–H groups in total. The predicted molar refractivity (Wildman–Crippen MR) is 117 cm³/mol. The molecule has 4 aromatic rings. The lowest BCUT2D eigenvalue weighted by atomic mass is 10.0. The van der Waals surface area contributed by atoms with Gasteiger partial charge in [-0.25, -0.2) is 0 Å². The van der Waals surface area contributed by atoms with Crippen LogP contribution in [0.1, 0.15) is 18.9 Å². The molecule has 0 saturated carbocycles. The molecular weight excluding hydrogens is 358 g/mol. The third-order valence-electron chi connectivity index (χ3n) is 6.04. The molecule has 5 rings (SSSR count). The Kier molecular flexibility index (Phi) is 4.68. The number of aromatic nitrogens is 2. The molecule has 1 amide bonds. The number of nitrogens with zero attached hydrogens (tertiary/aromatic N) is 3. The first-order valence-electron chi connectivity index (χ1n) is 10.3. The highest BCUT2D eigenvalue weighted by molar-refractivity contribution is 5.89. The number of para-hydroxylation sites is 1. The third kappa shape index (κ3) is 3.46. The fourth-order valence-corrected chi connectivity index (χ4v) is 4.47. The van der Waals surface area contributed by atoms with Crippen LogP contribution in [0.5, 0.6) is 0 Å². The summed E-state index contributed by atoms with van der Waals surface area (Å²) in [6.07, 6.45) is 6.28. The minimum atomic E-state index is 0.203. The maximum absolute atomic E-state index is 13.2. The second-order valence-corrected chi connectivity index (χ2v) is 7.78. The molecule has 1 saturated heterocycles. The van der Waals surface area contributed by atoms with E-state index in [1.807, 2.05) is 29.2 Å². The number of rotatable bonds is 4. The van der Waals surface area contributed by atoms with Crippen molar-refractivity contribution in [2.24, 2.45) is 0 Å². The number of benzene rings is 2. The van der Waals surface area contributed by atoms with E-state index < -0.39 is 0 Å². The van der Waals surface area contributed by atoms with Gasteiger partial charge in [-0.15, -0.1) is 0 Å². The number of carbonyl (C=O) groups excluding carboxylic acids is 1. The lowest BCUT2D eigenvalue weighted by Crippen LogP contribution is -2.40. The Morgan fingerprint density at radius 2 is 1.55 bits per heavy atom. The Hall–Kier alpha value is -3.27. The van der Waals surface area contributed by atoms with E-state index in [4.69, 9.17) is 0 Å². The summed E-state index contributed by atoms with van der Waals surface area (Å²) >= 11 is 0. The van der Waals surface area contributed by atoms with Crippen LogP contribution in [-0.2, 0) is 11.3 Å². The molecule has 4 nitrogen and oxygen atoms in total. The molecule has 0 bridgehead atoms. The van der Waals surface area contributed by atoms with E-state index in [0.717, 1.165) is 42.7 Å². The van der Waals surface area contributed by atoms with Crippen LogP contribution in [0, 0.1) is 0 Å². The molecule has 0 radical (unpaired) electrons. The van der Waals surface area contributed by atoms with Crippen molar-refractivity contribution in [3.63, 3.8) is 0 Å². The lowest BCUT2D eigenvalue weighted by molar-refractivity contribution is -0.133. The van der Waals surface area contributed by atoms with Crippen LogP contribution in [-0.4, -0.2) is 33.0 Å². The molecule has 1 fully saturated rings. The van der Waals surface area contributed by atoms with E-state index in [2.05, 4.69) is 70.1 Å². The molecule has 1 aliphatic rings. The standard InChI is InChI=1S/C25H25N3O/c29-25(27-16-12-22(13-17-27)26-14-6-7-15-26)19-28-23-11-5-4-10-21(23)18-24(28)20-8-2-1-3-9-20/h1-11,14-15,18,22H,12-13,16-17,19H2. The number of amides is 1. The average Bonchev–Trinajstić information content (AvgIpc) is 3.43. The van der Waals surface area contributed by atoms with Gasteiger partial charge in [0.1, 0.15) is 6.54 Å². The monoisotopic (exact) mass is 383 g/mol. The van der Waals surface area contributed by atoms with Gasteiger partial charge in [0.05, 0.1) is 0 Å². The Bertz CT molecular complexity index is 1100. The van der Waals surface area contributed by atoms with Crippen LogP contribution in [0.15, 0.2) is 85.2 Å². The number of fused-ring (bicyclic) bond motifs is 1. The smallest absolute Gasteiger partial charge is 0.242 e. The minimum absolute atomic E-state index is 0.203. The maximum atomic E-state index is 13.2. The molecule has 146 valence electrons. The first-order valence-corrected chi connectivity index (χ1v) is 10.3. The van der Waals surface area contributed by atoms with Gasteiger partial charge in [-0.05, 0) is 42.7 Å². The number of piperidine rings is 1. The van der Waals surface area contributed by atoms with Crippen molar-refractivity contribution in [3.8, 4) is 11.3 Å². The van der Waals surface area contributed by atoms with E-state index >= 15 is 0 Å². The fraction of sp³-hybridized carbons (Fsp3) is 0.240. The summed E-state index contributed by atoms with van der Waals surface area (Å²) < 4.78 is 4.44. The minimum Gasteiger partial charge on any atom is -0.351 e. The molecule has 4 heteroatoms. The van der Waals surface area contributed by atoms with Crippen molar-refractivity contribution < 1.29 is 4.79 Å². The zero-order valence-electron chi connectivity index (χ0n) is 16.4. The highest BCUT2D eigenvalue weighted by Gasteiger charge is 2.24. The highest BCUT2D eigenvalue weighted by atomic mass is 16.2. The molecule has 2 aromatic carbocycles. The maximum Gasteiger partial charge on any atom is 0.242 e. The van der Waals surface area contributed by atoms with Gasteiger partial charge in [-0.1, -0.05) is 48.5 Å². The van der Waals surface area contributed by atoms with Crippen molar-refractivity contribution in [1.82, 2.24) is 14.0 Å². The zero-order chi connectivity index (χ0) is 19.6. The zero-order valence-corrected chi connectivity index (χ0v) is 16.4. The first-order chi connectivity index (χ1) is 14.3. The van der Waals surface area contributed by atoms with E-state index in [9.17, 15) is 4.79 Å². The molecule has 0 spiro atoms. The molecule has 1 aliphatic heterocycles. The third-order valence-corrected chi connectivity index (χ3v) is 6.04. The van der Waals surface area contributed by atoms with Crippen molar-refractivity contribution in [1.29, 1.82) is 0 Å². The summed E-state index contributed by atoms with van der Waals surface area (Å²) in [7, 11) is 0. The van der Waals surface area contributed by atoms with Crippen LogP contribution in [0.3, 0.4) is 0 Å². The van der Waals surface area contributed by atoms with Gasteiger partial charge in [0, 0.05) is 48.1 Å². The summed E-state index contributed by atoms with van der Waals surface area (Å²) in [4.78, 5) is 15.2. The van der Waals surface area contributed by atoms with Gasteiger partial charge < -0.3 is 14.0 Å². The number of likely N-dealkylation sites (tertiary alicyclic amines) is 1. The first kappa shape index (κ1) is 17.8. The largest absolute Gasteiger partial charge is 0.351 e. The van der Waals surface area contributed by atoms with E-state index in [-0.39, 0.29) is 5.91 Å². The average molecular weight is 383 g/mol. The SMILES string of the molecule is O=C(Cn1c(-c2ccccc2)cc2ccccc21)N1CCC(n2cccc2)CC1. The molecular formula is C25H25N3O. The van der Waals surface area contributed by atoms with E-state index in [0.29, 0.717) is 12.6 Å². The number of hydrogen-bond donors (Lipinski definition) is 0. The van der Waals surface area contributed by atoms with Crippen LogP contribution in [0.4, 0.5) is 0 Å². The van der Waals surface area contributed by atoms with Gasteiger partial charge in [0.25, 0.3) is 0 Å². The van der Waals surface area contributed by atoms with Crippen LogP contribution in [0.2, 0.25) is 0 Å². The van der Waals surface area contributed by atoms with Gasteiger partial charge in [-0.2, -0.15) is 0 Å². The molecule has 29 heavy (non-hydrogen) atoms. The van der Waals surface area contributed by atoms with Gasteiger partial charge in [-0.3, -0.25) is 4.79 Å². The summed E-state index contributed by atoms with van der Waals surface area (Å²) in [6, 6.07) is 25.5. The topological polar surface area (TPSA) is 30.2 Å². The molecule has 0 unspecified atom stereocenters. The van der Waals surface area contributed by atoms with Crippen LogP contribution < -0.4 is 0 Å². The highest BCUT2D eigenvalue weighted by Crippen LogP contribution is 2.29. The van der Waals surface area contributed by atoms with Crippen molar-refractivity contribution >= 4 is 16.8 Å². The van der Waals surface area contributed by atoms with E-state index in [1.54, 1.807) is 0 Å². The van der Waals surface area contributed by atoms with Crippen LogP contribution >= 0.6 is 0 Å². The quantitative estimate of drug-likeness (QED) is 0.489. The molecule has 0 atom stereocenters. The second kappa shape index (κ2) is 7.63. The fourth-order valence-electron chi connectivity index (χ4n) is 4.47. The van der Waals surface area contributed by atoms with Gasteiger partial charge >= 0.3 is 0 Å². The molecule has 3 heterocycles. The normalized spacial score (nSPS) is 15.1.